The number of cyclic esters (lactones) is 1. The first-order valence-electron chi connectivity index (χ1n) is 14.8. The number of hydrogen-bond donors (Lipinski definition) is 2. The number of likely N-dealkylation sites (N-methyl/N-ethyl adjacent to an activating group) is 1. The van der Waals surface area contributed by atoms with Crippen LogP contribution in [0, 0.1) is 11.8 Å². The highest BCUT2D eigenvalue weighted by atomic mass is 16.7. The Morgan fingerprint density at radius 3 is 2.40 bits per heavy atom. The summed E-state index contributed by atoms with van der Waals surface area (Å²) in [6.07, 6.45) is -4.91. The summed E-state index contributed by atoms with van der Waals surface area (Å²) in [5.74, 6) is -2.77. The molecular weight excluding hydrogens is 566 g/mol. The van der Waals surface area contributed by atoms with Crippen molar-refractivity contribution in [3.8, 4) is 0 Å². The molecule has 0 aromatic heterocycles. The minimum absolute atomic E-state index is 0.0773. The molecule has 2 fully saturated rings. The highest BCUT2D eigenvalue weighted by Crippen LogP contribution is 2.34. The highest BCUT2D eigenvalue weighted by Gasteiger charge is 2.48. The van der Waals surface area contributed by atoms with E-state index in [0.29, 0.717) is 12.7 Å². The zero-order valence-corrected chi connectivity index (χ0v) is 26.0. The minimum atomic E-state index is -1.33. The van der Waals surface area contributed by atoms with Crippen LogP contribution >= 0.6 is 0 Å². The average Bonchev–Trinajstić information content (AvgIpc) is 3.65. The van der Waals surface area contributed by atoms with E-state index in [2.05, 4.69) is 0 Å². The van der Waals surface area contributed by atoms with Crippen molar-refractivity contribution in [1.29, 1.82) is 0 Å². The van der Waals surface area contributed by atoms with Gasteiger partial charge in [-0.25, -0.2) is 0 Å². The van der Waals surface area contributed by atoms with E-state index in [1.165, 1.54) is 20.1 Å². The smallest absolute Gasteiger partial charge is 0.309 e. The van der Waals surface area contributed by atoms with E-state index < -0.39 is 78.8 Å². The number of nitrogens with zero attached hydrogens (tertiary/aromatic N) is 1. The summed E-state index contributed by atoms with van der Waals surface area (Å²) in [6, 6.07) is -0.759. The van der Waals surface area contributed by atoms with E-state index in [-0.39, 0.29) is 37.3 Å². The Morgan fingerprint density at radius 2 is 1.79 bits per heavy atom. The Morgan fingerprint density at radius 1 is 1.09 bits per heavy atom. The van der Waals surface area contributed by atoms with E-state index in [1.807, 2.05) is 0 Å². The lowest BCUT2D eigenvalue weighted by atomic mass is 9.83. The first-order valence-corrected chi connectivity index (χ1v) is 14.8. The third-order valence-corrected chi connectivity index (χ3v) is 8.32. The number of ether oxygens (including phenoxy) is 6. The number of carbonyl (C=O) groups is 4. The van der Waals surface area contributed by atoms with Gasteiger partial charge in [-0.2, -0.15) is 0 Å². The first-order chi connectivity index (χ1) is 20.3. The molecule has 13 unspecified atom stereocenters. The number of hydrogen-bond acceptors (Lipinski definition) is 13. The molecule has 0 saturated carbocycles. The van der Waals surface area contributed by atoms with Crippen molar-refractivity contribution >= 4 is 24.0 Å². The molecule has 3 aliphatic rings. The maximum absolute atomic E-state index is 13.1. The predicted octanol–water partition coefficient (Wildman–Crippen LogP) is 0.565. The van der Waals surface area contributed by atoms with Crippen LogP contribution in [0.15, 0.2) is 12.2 Å². The number of methoxy groups -OCH3 is 1. The Balaban J connectivity index is 2.05. The quantitative estimate of drug-likeness (QED) is 0.232. The number of aliphatic hydroxyl groups excluding tert-OH is 2. The maximum Gasteiger partial charge on any atom is 0.309 e. The fourth-order valence-electron chi connectivity index (χ4n) is 6.02. The van der Waals surface area contributed by atoms with Crippen LogP contribution in [0.4, 0.5) is 0 Å². The van der Waals surface area contributed by atoms with Gasteiger partial charge in [0.25, 0.3) is 0 Å². The van der Waals surface area contributed by atoms with Crippen molar-refractivity contribution in [2.24, 2.45) is 11.8 Å². The Bertz CT molecular complexity index is 1000. The van der Waals surface area contributed by atoms with Crippen molar-refractivity contribution in [3.05, 3.63) is 12.2 Å². The van der Waals surface area contributed by atoms with Gasteiger partial charge in [0.15, 0.2) is 12.1 Å². The molecular formula is C30H47NO12. The molecule has 43 heavy (non-hydrogen) atoms. The van der Waals surface area contributed by atoms with Gasteiger partial charge < -0.3 is 48.3 Å². The second-order valence-electron chi connectivity index (χ2n) is 12.0. The van der Waals surface area contributed by atoms with Gasteiger partial charge in [0, 0.05) is 32.8 Å². The van der Waals surface area contributed by atoms with Crippen LogP contribution in [0.25, 0.3) is 0 Å². The van der Waals surface area contributed by atoms with Crippen LogP contribution in [-0.2, 0) is 47.6 Å². The molecule has 0 aromatic carbocycles. The van der Waals surface area contributed by atoms with Gasteiger partial charge in [0.1, 0.15) is 36.8 Å². The van der Waals surface area contributed by atoms with Crippen LogP contribution in [0.2, 0.25) is 0 Å². The normalized spacial score (nSPS) is 42.0. The van der Waals surface area contributed by atoms with Crippen molar-refractivity contribution in [3.63, 3.8) is 0 Å². The Hall–Kier alpha value is -2.26. The van der Waals surface area contributed by atoms with E-state index in [9.17, 15) is 29.4 Å². The Kier molecular flexibility index (Phi) is 12.8. The molecule has 13 atom stereocenters. The van der Waals surface area contributed by atoms with Crippen LogP contribution in [0.3, 0.4) is 0 Å². The lowest BCUT2D eigenvalue weighted by Crippen LogP contribution is -2.63. The van der Waals surface area contributed by atoms with Gasteiger partial charge in [-0.3, -0.25) is 14.4 Å². The summed E-state index contributed by atoms with van der Waals surface area (Å²) in [6.45, 7) is 6.27. The zero-order valence-electron chi connectivity index (χ0n) is 26.0. The van der Waals surface area contributed by atoms with Crippen molar-refractivity contribution < 1.29 is 57.8 Å². The van der Waals surface area contributed by atoms with Gasteiger partial charge in [-0.05, 0) is 52.4 Å². The number of carbonyl (C=O) groups excluding carboxylic acids is 4. The van der Waals surface area contributed by atoms with Gasteiger partial charge in [-0.15, -0.1) is 0 Å². The van der Waals surface area contributed by atoms with Gasteiger partial charge in [0.05, 0.1) is 36.9 Å². The molecule has 13 nitrogen and oxygen atoms in total. The number of ketones is 1. The largest absolute Gasteiger partial charge is 0.462 e. The lowest BCUT2D eigenvalue weighted by molar-refractivity contribution is -0.309. The number of aliphatic hydroxyl groups is 2. The minimum Gasteiger partial charge on any atom is -0.462 e. The maximum atomic E-state index is 13.1. The molecule has 0 spiro atoms. The fourth-order valence-corrected chi connectivity index (χ4v) is 6.02. The van der Waals surface area contributed by atoms with E-state index >= 15 is 0 Å². The molecule has 0 radical (unpaired) electrons. The van der Waals surface area contributed by atoms with Crippen molar-refractivity contribution in [2.75, 3.05) is 21.2 Å². The molecule has 2 N–H and O–H groups in total. The number of epoxide rings is 1. The average molecular weight is 614 g/mol. The number of esters is 2. The number of aldehydes is 1. The third kappa shape index (κ3) is 9.37. The third-order valence-electron chi connectivity index (χ3n) is 8.32. The molecule has 0 amide bonds. The van der Waals surface area contributed by atoms with Crippen LogP contribution in [0.5, 0.6) is 0 Å². The molecule has 3 aliphatic heterocycles. The van der Waals surface area contributed by atoms with Crippen LogP contribution in [0.1, 0.15) is 53.4 Å². The summed E-state index contributed by atoms with van der Waals surface area (Å²) in [7, 11) is 4.74. The number of rotatable bonds is 7. The highest BCUT2D eigenvalue weighted by molar-refractivity contribution is 5.91. The van der Waals surface area contributed by atoms with E-state index in [4.69, 9.17) is 28.4 Å². The molecule has 3 rings (SSSR count). The number of fused-ring (bicyclic) bond motifs is 1. The SMILES string of the molecule is COC1C(OC(C)=O)CC(=O)OC(C)CC2OC2/C=C\C(=O)C(C)CC(CC=O)C1OC1OC(C)C(O)C(N(C)C)C1O. The second kappa shape index (κ2) is 15.6. The zero-order chi connectivity index (χ0) is 32.0. The molecule has 2 saturated heterocycles. The van der Waals surface area contributed by atoms with E-state index in [1.54, 1.807) is 45.8 Å². The first kappa shape index (κ1) is 35.2. The van der Waals surface area contributed by atoms with Gasteiger partial charge in [0.2, 0.25) is 0 Å². The van der Waals surface area contributed by atoms with E-state index in [0.717, 1.165) is 0 Å². The van der Waals surface area contributed by atoms with Crippen molar-refractivity contribution in [1.82, 2.24) is 4.90 Å². The summed E-state index contributed by atoms with van der Waals surface area (Å²) in [5.41, 5.74) is 0. The predicted molar refractivity (Wildman–Crippen MR) is 151 cm³/mol. The molecule has 3 heterocycles. The monoisotopic (exact) mass is 613 g/mol. The van der Waals surface area contributed by atoms with Crippen LogP contribution < -0.4 is 0 Å². The summed E-state index contributed by atoms with van der Waals surface area (Å²) in [5, 5.41) is 21.9. The molecule has 0 bridgehead atoms. The second-order valence-corrected chi connectivity index (χ2v) is 12.0. The topological polar surface area (TPSA) is 171 Å². The molecule has 244 valence electrons. The summed E-state index contributed by atoms with van der Waals surface area (Å²) >= 11 is 0. The van der Waals surface area contributed by atoms with Crippen LogP contribution in [-0.4, -0.2) is 128 Å². The summed E-state index contributed by atoms with van der Waals surface area (Å²) in [4.78, 5) is 52.0. The Labute approximate surface area is 252 Å². The molecule has 0 aromatic rings. The van der Waals surface area contributed by atoms with Crippen molar-refractivity contribution in [2.45, 2.75) is 121 Å². The fraction of sp³-hybridized carbons (Fsp3) is 0.800. The molecule has 0 aliphatic carbocycles. The lowest BCUT2D eigenvalue weighted by Gasteiger charge is -2.46. The number of allylic oxidation sites excluding steroid dienone is 1. The molecule has 13 heteroatoms. The standard InChI is InChI=1S/C30H47NO12/c1-15-12-19(10-11-32)28(43-30-27(37)25(31(5)6)26(36)17(3)40-30)29(38-7)23(41-18(4)33)14-24(35)39-16(2)13-22-21(42-22)9-8-20(15)34/h8-9,11,15-17,19,21-23,25-30,36-37H,10,12-14H2,1-7H3/b9-8-. The van der Waals surface area contributed by atoms with Gasteiger partial charge in [-0.1, -0.05) is 6.92 Å². The summed E-state index contributed by atoms with van der Waals surface area (Å²) < 4.78 is 34.9. The van der Waals surface area contributed by atoms with Gasteiger partial charge >= 0.3 is 11.9 Å².